The van der Waals surface area contributed by atoms with Crippen molar-refractivity contribution in [1.82, 2.24) is 20.0 Å². The largest absolute Gasteiger partial charge is 0.453 e. The maximum Gasteiger partial charge on any atom is 0.410 e. The quantitative estimate of drug-likeness (QED) is 0.925. The second-order valence-corrected chi connectivity index (χ2v) is 6.48. The van der Waals surface area contributed by atoms with Gasteiger partial charge in [0.2, 0.25) is 5.91 Å². The first-order valence-corrected chi connectivity index (χ1v) is 8.56. The molecule has 1 aliphatic rings. The van der Waals surface area contributed by atoms with E-state index in [0.29, 0.717) is 19.5 Å². The number of methoxy groups -OCH3 is 1. The van der Waals surface area contributed by atoms with Crippen molar-refractivity contribution < 1.29 is 14.3 Å². The maximum atomic E-state index is 12.6. The molecule has 1 fully saturated rings. The summed E-state index contributed by atoms with van der Waals surface area (Å²) in [7, 11) is 3.23. The topological polar surface area (TPSA) is 76.5 Å². The zero-order valence-corrected chi connectivity index (χ0v) is 14.9. The Labute approximate surface area is 146 Å². The Balaban J connectivity index is 1.73. The molecule has 1 aromatic carbocycles. The van der Waals surface area contributed by atoms with Crippen molar-refractivity contribution in [3.8, 4) is 0 Å². The van der Waals surface area contributed by atoms with Crippen molar-refractivity contribution in [3.63, 3.8) is 0 Å². The van der Waals surface area contributed by atoms with Crippen molar-refractivity contribution >= 4 is 22.9 Å². The van der Waals surface area contributed by atoms with Crippen LogP contribution in [0.2, 0.25) is 0 Å². The molecule has 1 aromatic heterocycles. The van der Waals surface area contributed by atoms with Gasteiger partial charge in [-0.15, -0.1) is 0 Å². The molecule has 1 saturated heterocycles. The van der Waals surface area contributed by atoms with Gasteiger partial charge in [-0.25, -0.2) is 4.79 Å². The number of benzene rings is 1. The van der Waals surface area contributed by atoms with Gasteiger partial charge in [0.1, 0.15) is 6.04 Å². The Hall–Kier alpha value is -2.57. The van der Waals surface area contributed by atoms with Gasteiger partial charge < -0.3 is 10.1 Å². The first-order chi connectivity index (χ1) is 12.0. The van der Waals surface area contributed by atoms with Gasteiger partial charge >= 0.3 is 6.09 Å². The average molecular weight is 344 g/mol. The van der Waals surface area contributed by atoms with E-state index in [-0.39, 0.29) is 5.91 Å². The van der Waals surface area contributed by atoms with Gasteiger partial charge in [0.15, 0.2) is 0 Å². The van der Waals surface area contributed by atoms with Crippen LogP contribution in [0.3, 0.4) is 0 Å². The van der Waals surface area contributed by atoms with E-state index in [4.69, 9.17) is 4.74 Å². The standard InChI is InChI=1S/C18H24N4O3/c1-12-7-8-15-13(10-12)14(20-21(15)2)11-19-17(23)16-6-4-5-9-22(16)18(24)25-3/h7-8,10,16H,4-6,9,11H2,1-3H3,(H,19,23)/t16-/m0/s1. The Morgan fingerprint density at radius 1 is 1.36 bits per heavy atom. The molecule has 25 heavy (non-hydrogen) atoms. The molecular formula is C18H24N4O3. The number of fused-ring (bicyclic) bond motifs is 1. The number of carbonyl (C=O) groups excluding carboxylic acids is 2. The molecule has 0 spiro atoms. The zero-order valence-electron chi connectivity index (χ0n) is 14.9. The van der Waals surface area contributed by atoms with Gasteiger partial charge in [0, 0.05) is 19.0 Å². The van der Waals surface area contributed by atoms with Crippen molar-refractivity contribution in [2.45, 2.75) is 38.8 Å². The monoisotopic (exact) mass is 344 g/mol. The number of aryl methyl sites for hydroxylation is 2. The first kappa shape index (κ1) is 17.3. The molecule has 2 aromatic rings. The van der Waals surface area contributed by atoms with E-state index in [1.165, 1.54) is 12.0 Å². The summed E-state index contributed by atoms with van der Waals surface area (Å²) in [5.41, 5.74) is 3.01. The van der Waals surface area contributed by atoms with Crippen LogP contribution in [0.25, 0.3) is 10.9 Å². The fraction of sp³-hybridized carbons (Fsp3) is 0.500. The first-order valence-electron chi connectivity index (χ1n) is 8.56. The summed E-state index contributed by atoms with van der Waals surface area (Å²) in [5.74, 6) is -0.156. The van der Waals surface area contributed by atoms with Crippen LogP contribution in [0.4, 0.5) is 4.79 Å². The molecule has 0 saturated carbocycles. The van der Waals surface area contributed by atoms with Gasteiger partial charge in [-0.05, 0) is 38.3 Å². The maximum absolute atomic E-state index is 12.6. The Morgan fingerprint density at radius 3 is 2.92 bits per heavy atom. The van der Waals surface area contributed by atoms with E-state index in [2.05, 4.69) is 16.5 Å². The van der Waals surface area contributed by atoms with Gasteiger partial charge in [0.25, 0.3) is 0 Å². The van der Waals surface area contributed by atoms with Gasteiger partial charge in [-0.1, -0.05) is 11.6 Å². The number of likely N-dealkylation sites (tertiary alicyclic amines) is 1. The van der Waals surface area contributed by atoms with Crippen LogP contribution in [0, 0.1) is 6.92 Å². The summed E-state index contributed by atoms with van der Waals surface area (Å²) in [4.78, 5) is 26.0. The molecular weight excluding hydrogens is 320 g/mol. The fourth-order valence-corrected chi connectivity index (χ4v) is 3.41. The van der Waals surface area contributed by atoms with Crippen LogP contribution in [0.1, 0.15) is 30.5 Å². The summed E-state index contributed by atoms with van der Waals surface area (Å²) >= 11 is 0. The number of nitrogens with one attached hydrogen (secondary N) is 1. The smallest absolute Gasteiger partial charge is 0.410 e. The molecule has 134 valence electrons. The third kappa shape index (κ3) is 3.45. The Bertz CT molecular complexity index is 799. The number of ether oxygens (including phenoxy) is 1. The summed E-state index contributed by atoms with van der Waals surface area (Å²) in [6, 6.07) is 5.68. The van der Waals surface area contributed by atoms with Crippen molar-refractivity contribution in [3.05, 3.63) is 29.5 Å². The molecule has 7 nitrogen and oxygen atoms in total. The minimum atomic E-state index is -0.474. The number of nitrogens with zero attached hydrogens (tertiary/aromatic N) is 3. The molecule has 7 heteroatoms. The molecule has 0 bridgehead atoms. The van der Waals surface area contributed by atoms with Crippen LogP contribution < -0.4 is 5.32 Å². The van der Waals surface area contributed by atoms with Gasteiger partial charge in [-0.2, -0.15) is 5.10 Å². The molecule has 0 unspecified atom stereocenters. The summed E-state index contributed by atoms with van der Waals surface area (Å²) in [5, 5.41) is 8.49. The predicted octanol–water partition coefficient (Wildman–Crippen LogP) is 2.12. The number of amides is 2. The van der Waals surface area contributed by atoms with Gasteiger partial charge in [0.05, 0.1) is 24.9 Å². The highest BCUT2D eigenvalue weighted by atomic mass is 16.5. The highest BCUT2D eigenvalue weighted by molar-refractivity contribution is 5.87. The normalized spacial score (nSPS) is 17.6. The Morgan fingerprint density at radius 2 is 2.16 bits per heavy atom. The molecule has 0 radical (unpaired) electrons. The van der Waals surface area contributed by atoms with E-state index in [1.807, 2.05) is 30.8 Å². The third-order valence-electron chi connectivity index (χ3n) is 4.73. The number of hydrogen-bond donors (Lipinski definition) is 1. The van der Waals surface area contributed by atoms with Crippen molar-refractivity contribution in [1.29, 1.82) is 0 Å². The molecule has 3 rings (SSSR count). The van der Waals surface area contributed by atoms with E-state index in [1.54, 1.807) is 0 Å². The SMILES string of the molecule is COC(=O)N1CCCC[C@H]1C(=O)NCc1nn(C)c2ccc(C)cc12. The number of rotatable bonds is 3. The lowest BCUT2D eigenvalue weighted by Gasteiger charge is -2.33. The van der Waals surface area contributed by atoms with Crippen molar-refractivity contribution in [2.24, 2.45) is 7.05 Å². The van der Waals surface area contributed by atoms with Crippen LogP contribution in [-0.4, -0.2) is 46.4 Å². The predicted molar refractivity (Wildman–Crippen MR) is 94.0 cm³/mol. The average Bonchev–Trinajstić information content (AvgIpc) is 2.94. The lowest BCUT2D eigenvalue weighted by Crippen LogP contribution is -2.51. The fourth-order valence-electron chi connectivity index (χ4n) is 3.41. The molecule has 2 amide bonds. The third-order valence-corrected chi connectivity index (χ3v) is 4.73. The van der Waals surface area contributed by atoms with E-state index in [0.717, 1.165) is 35.0 Å². The van der Waals surface area contributed by atoms with Crippen LogP contribution in [0.15, 0.2) is 18.2 Å². The zero-order chi connectivity index (χ0) is 18.0. The molecule has 1 atom stereocenters. The summed E-state index contributed by atoms with van der Waals surface area (Å²) in [6.07, 6.45) is 2.03. The van der Waals surface area contributed by atoms with Crippen molar-refractivity contribution in [2.75, 3.05) is 13.7 Å². The van der Waals surface area contributed by atoms with E-state index >= 15 is 0 Å². The number of aromatic nitrogens is 2. The molecule has 1 N–H and O–H groups in total. The van der Waals surface area contributed by atoms with Crippen LogP contribution in [-0.2, 0) is 23.1 Å². The van der Waals surface area contributed by atoms with E-state index < -0.39 is 12.1 Å². The number of piperidine rings is 1. The minimum absolute atomic E-state index is 0.156. The molecule has 0 aliphatic carbocycles. The lowest BCUT2D eigenvalue weighted by atomic mass is 10.0. The van der Waals surface area contributed by atoms with E-state index in [9.17, 15) is 9.59 Å². The van der Waals surface area contributed by atoms with Crippen LogP contribution in [0.5, 0.6) is 0 Å². The highest BCUT2D eigenvalue weighted by Gasteiger charge is 2.32. The lowest BCUT2D eigenvalue weighted by molar-refractivity contribution is -0.127. The van der Waals surface area contributed by atoms with Gasteiger partial charge in [-0.3, -0.25) is 14.4 Å². The highest BCUT2D eigenvalue weighted by Crippen LogP contribution is 2.21. The molecule has 1 aliphatic heterocycles. The Kier molecular flexibility index (Phi) is 4.92. The summed E-state index contributed by atoms with van der Waals surface area (Å²) in [6.45, 7) is 2.92. The minimum Gasteiger partial charge on any atom is -0.453 e. The molecule has 2 heterocycles. The second-order valence-electron chi connectivity index (χ2n) is 6.48. The second kappa shape index (κ2) is 7.13. The number of hydrogen-bond acceptors (Lipinski definition) is 4. The van der Waals surface area contributed by atoms with Crippen LogP contribution >= 0.6 is 0 Å². The number of carbonyl (C=O) groups is 2. The summed E-state index contributed by atoms with van der Waals surface area (Å²) < 4.78 is 6.62.